The van der Waals surface area contributed by atoms with E-state index < -0.39 is 16.9 Å². The Morgan fingerprint density at radius 2 is 1.54 bits per heavy atom. The molecule has 0 aliphatic carbocycles. The molecule has 28 heavy (non-hydrogen) atoms. The van der Waals surface area contributed by atoms with Crippen molar-refractivity contribution >= 4 is 11.6 Å². The molecule has 1 aliphatic rings. The van der Waals surface area contributed by atoms with Crippen LogP contribution in [0.1, 0.15) is 23.6 Å². The predicted octanol–water partition coefficient (Wildman–Crippen LogP) is 3.90. The monoisotopic (exact) mass is 368 g/mol. The predicted molar refractivity (Wildman–Crippen MR) is 107 cm³/mol. The first-order valence-electron chi connectivity index (χ1n) is 9.17. The standard InChI is InChI=1S/C24H20N2O2/c1-23(17-25,19-12-6-3-7-13-19)24(28)20-14-8-9-15-21(20)26(22(24)27)16-18-10-4-2-5-11-18/h2-15,28H,16H2,1H3/t23-,24+/m0/s1. The van der Waals surface area contributed by atoms with Gasteiger partial charge in [-0.05, 0) is 24.1 Å². The minimum atomic E-state index is -1.98. The number of carbonyl (C=O) groups is 1. The van der Waals surface area contributed by atoms with Gasteiger partial charge in [0.2, 0.25) is 0 Å². The number of carbonyl (C=O) groups excluding carboxylic acids is 1. The Kier molecular flexibility index (Phi) is 4.26. The van der Waals surface area contributed by atoms with Crippen LogP contribution in [0.3, 0.4) is 0 Å². The summed E-state index contributed by atoms with van der Waals surface area (Å²) in [4.78, 5) is 15.2. The van der Waals surface area contributed by atoms with Gasteiger partial charge in [0.25, 0.3) is 5.91 Å². The first-order valence-corrected chi connectivity index (χ1v) is 9.17. The molecule has 0 radical (unpaired) electrons. The zero-order valence-electron chi connectivity index (χ0n) is 15.5. The highest BCUT2D eigenvalue weighted by atomic mass is 16.3. The van der Waals surface area contributed by atoms with Gasteiger partial charge in [0, 0.05) is 5.56 Å². The smallest absolute Gasteiger partial charge is 0.266 e. The van der Waals surface area contributed by atoms with Crippen molar-refractivity contribution in [2.75, 3.05) is 4.90 Å². The molecule has 0 unspecified atom stereocenters. The lowest BCUT2D eigenvalue weighted by Crippen LogP contribution is -2.53. The fourth-order valence-corrected chi connectivity index (χ4v) is 3.97. The van der Waals surface area contributed by atoms with E-state index in [0.717, 1.165) is 5.56 Å². The molecule has 0 aromatic heterocycles. The average molecular weight is 368 g/mol. The van der Waals surface area contributed by atoms with Crippen LogP contribution in [0.15, 0.2) is 84.9 Å². The molecule has 4 heteroatoms. The quantitative estimate of drug-likeness (QED) is 0.759. The van der Waals surface area contributed by atoms with Crippen molar-refractivity contribution in [3.05, 3.63) is 102 Å². The zero-order chi connectivity index (χ0) is 19.8. The van der Waals surface area contributed by atoms with Crippen molar-refractivity contribution in [1.82, 2.24) is 0 Å². The molecule has 0 spiro atoms. The number of amides is 1. The van der Waals surface area contributed by atoms with Crippen molar-refractivity contribution in [2.45, 2.75) is 24.5 Å². The van der Waals surface area contributed by atoms with Gasteiger partial charge in [0.1, 0.15) is 5.41 Å². The highest BCUT2D eigenvalue weighted by molar-refractivity contribution is 6.08. The molecule has 0 saturated heterocycles. The van der Waals surface area contributed by atoms with Gasteiger partial charge in [0.15, 0.2) is 5.60 Å². The van der Waals surface area contributed by atoms with Gasteiger partial charge in [-0.25, -0.2) is 0 Å². The van der Waals surface area contributed by atoms with E-state index in [9.17, 15) is 15.2 Å². The molecule has 138 valence electrons. The summed E-state index contributed by atoms with van der Waals surface area (Å²) in [6, 6.07) is 28.0. The third-order valence-electron chi connectivity index (χ3n) is 5.62. The van der Waals surface area contributed by atoms with E-state index >= 15 is 0 Å². The Balaban J connectivity index is 1.88. The van der Waals surface area contributed by atoms with Gasteiger partial charge >= 0.3 is 0 Å². The van der Waals surface area contributed by atoms with E-state index in [4.69, 9.17) is 0 Å². The minimum Gasteiger partial charge on any atom is -0.374 e. The first kappa shape index (κ1) is 18.0. The van der Waals surface area contributed by atoms with Crippen LogP contribution in [-0.2, 0) is 22.4 Å². The van der Waals surface area contributed by atoms with Crippen molar-refractivity contribution < 1.29 is 9.90 Å². The fraction of sp³-hybridized carbons (Fsp3) is 0.167. The Morgan fingerprint density at radius 1 is 0.964 bits per heavy atom. The second kappa shape index (κ2) is 6.63. The topological polar surface area (TPSA) is 64.3 Å². The van der Waals surface area contributed by atoms with Gasteiger partial charge in [0.05, 0.1) is 18.3 Å². The summed E-state index contributed by atoms with van der Waals surface area (Å²) in [5.41, 5.74) is -0.764. The van der Waals surface area contributed by atoms with Crippen LogP contribution < -0.4 is 4.90 Å². The number of para-hydroxylation sites is 1. The van der Waals surface area contributed by atoms with Gasteiger partial charge < -0.3 is 10.0 Å². The fourth-order valence-electron chi connectivity index (χ4n) is 3.97. The van der Waals surface area contributed by atoms with Crippen molar-refractivity contribution in [3.63, 3.8) is 0 Å². The lowest BCUT2D eigenvalue weighted by Gasteiger charge is -2.36. The summed E-state index contributed by atoms with van der Waals surface area (Å²) >= 11 is 0. The third kappa shape index (κ3) is 2.45. The van der Waals surface area contributed by atoms with Crippen LogP contribution in [0.4, 0.5) is 5.69 Å². The first-order chi connectivity index (χ1) is 13.5. The molecular weight excluding hydrogens is 348 g/mol. The van der Waals surface area contributed by atoms with E-state index in [1.54, 1.807) is 48.2 Å². The van der Waals surface area contributed by atoms with Gasteiger partial charge in [-0.1, -0.05) is 78.9 Å². The highest BCUT2D eigenvalue weighted by Gasteiger charge is 2.61. The summed E-state index contributed by atoms with van der Waals surface area (Å²) in [5, 5.41) is 21.9. The molecule has 1 heterocycles. The minimum absolute atomic E-state index is 0.329. The number of hydrogen-bond donors (Lipinski definition) is 1. The molecule has 1 N–H and O–H groups in total. The summed E-state index contributed by atoms with van der Waals surface area (Å²) in [5.74, 6) is -0.481. The van der Waals surface area contributed by atoms with Gasteiger partial charge in [-0.15, -0.1) is 0 Å². The van der Waals surface area contributed by atoms with Gasteiger partial charge in [-0.3, -0.25) is 4.79 Å². The van der Waals surface area contributed by atoms with Crippen LogP contribution in [0.5, 0.6) is 0 Å². The number of rotatable bonds is 4. The molecule has 4 nitrogen and oxygen atoms in total. The summed E-state index contributed by atoms with van der Waals surface area (Å²) < 4.78 is 0. The molecule has 0 saturated carbocycles. The average Bonchev–Trinajstić information content (AvgIpc) is 2.98. The van der Waals surface area contributed by atoms with E-state index in [1.165, 1.54) is 0 Å². The molecule has 0 bridgehead atoms. The highest BCUT2D eigenvalue weighted by Crippen LogP contribution is 2.51. The van der Waals surface area contributed by atoms with Crippen LogP contribution in [0, 0.1) is 11.3 Å². The molecule has 4 rings (SSSR count). The number of fused-ring (bicyclic) bond motifs is 1. The summed E-state index contributed by atoms with van der Waals surface area (Å²) in [6.45, 7) is 1.96. The lowest BCUT2D eigenvalue weighted by molar-refractivity contribution is -0.141. The van der Waals surface area contributed by atoms with Crippen LogP contribution in [0.25, 0.3) is 0 Å². The zero-order valence-corrected chi connectivity index (χ0v) is 15.5. The number of nitriles is 1. The van der Waals surface area contributed by atoms with Crippen molar-refractivity contribution in [3.8, 4) is 6.07 Å². The Morgan fingerprint density at radius 3 is 2.18 bits per heavy atom. The molecule has 0 fully saturated rings. The number of benzene rings is 3. The maximum absolute atomic E-state index is 13.6. The largest absolute Gasteiger partial charge is 0.374 e. The number of anilines is 1. The summed E-state index contributed by atoms with van der Waals surface area (Å²) in [7, 11) is 0. The number of nitrogens with zero attached hydrogens (tertiary/aromatic N) is 2. The molecule has 3 aromatic rings. The molecule has 1 amide bonds. The molecule has 1 aliphatic heterocycles. The van der Waals surface area contributed by atoms with E-state index in [1.807, 2.05) is 48.5 Å². The lowest BCUT2D eigenvalue weighted by atomic mass is 9.67. The van der Waals surface area contributed by atoms with E-state index in [2.05, 4.69) is 6.07 Å². The Labute approximate surface area is 164 Å². The molecule has 2 atom stereocenters. The molecular formula is C24H20N2O2. The maximum Gasteiger partial charge on any atom is 0.266 e. The van der Waals surface area contributed by atoms with E-state index in [0.29, 0.717) is 23.4 Å². The van der Waals surface area contributed by atoms with Crippen molar-refractivity contribution in [1.29, 1.82) is 5.26 Å². The maximum atomic E-state index is 13.6. The second-order valence-corrected chi connectivity index (χ2v) is 7.21. The number of hydrogen-bond acceptors (Lipinski definition) is 3. The Bertz CT molecular complexity index is 1060. The van der Waals surface area contributed by atoms with Crippen LogP contribution in [-0.4, -0.2) is 11.0 Å². The van der Waals surface area contributed by atoms with Gasteiger partial charge in [-0.2, -0.15) is 5.26 Å². The van der Waals surface area contributed by atoms with Crippen LogP contribution >= 0.6 is 0 Å². The molecule has 3 aromatic carbocycles. The summed E-state index contributed by atoms with van der Waals surface area (Å²) in [6.07, 6.45) is 0. The SMILES string of the molecule is C[C@](C#N)(c1ccccc1)[C@]1(O)C(=O)N(Cc2ccccc2)c2ccccc21. The third-order valence-corrected chi connectivity index (χ3v) is 5.62. The Hall–Kier alpha value is -3.42. The second-order valence-electron chi connectivity index (χ2n) is 7.21. The van der Waals surface area contributed by atoms with Crippen LogP contribution in [0.2, 0.25) is 0 Å². The number of aliphatic hydroxyl groups is 1. The van der Waals surface area contributed by atoms with E-state index in [-0.39, 0.29) is 0 Å². The van der Waals surface area contributed by atoms with Crippen molar-refractivity contribution in [2.24, 2.45) is 0 Å². The normalized spacial score (nSPS) is 20.3.